The highest BCUT2D eigenvalue weighted by Gasteiger charge is 2.14. The zero-order valence-corrected chi connectivity index (χ0v) is 11.4. The standard InChI is InChI=1S/C14H12N4O4/c19-13(16-9-10-4-6-15-7-5-10)14(20)17-11-2-1-3-12(8-11)18(21)22/h1-8H,9H2,(H,16,19)(H,17,20). The van der Waals surface area contributed by atoms with Gasteiger partial charge in [0.2, 0.25) is 0 Å². The van der Waals surface area contributed by atoms with Crippen molar-refractivity contribution in [3.8, 4) is 0 Å². The van der Waals surface area contributed by atoms with Gasteiger partial charge in [0.15, 0.2) is 0 Å². The molecular formula is C14H12N4O4. The molecule has 22 heavy (non-hydrogen) atoms. The third kappa shape index (κ3) is 4.10. The molecule has 1 aromatic heterocycles. The van der Waals surface area contributed by atoms with Crippen LogP contribution in [0.4, 0.5) is 11.4 Å². The molecule has 0 aliphatic heterocycles. The maximum atomic E-state index is 11.7. The number of nitro benzene ring substituents is 1. The van der Waals surface area contributed by atoms with E-state index in [0.29, 0.717) is 0 Å². The van der Waals surface area contributed by atoms with Crippen LogP contribution in [0, 0.1) is 10.1 Å². The number of nitrogens with zero attached hydrogens (tertiary/aromatic N) is 2. The molecule has 2 amide bonds. The predicted octanol–water partition coefficient (Wildman–Crippen LogP) is 1.24. The lowest BCUT2D eigenvalue weighted by atomic mass is 10.2. The summed E-state index contributed by atoms with van der Waals surface area (Å²) in [6.07, 6.45) is 3.15. The highest BCUT2D eigenvalue weighted by atomic mass is 16.6. The van der Waals surface area contributed by atoms with Gasteiger partial charge in [-0.15, -0.1) is 0 Å². The van der Waals surface area contributed by atoms with Gasteiger partial charge >= 0.3 is 11.8 Å². The van der Waals surface area contributed by atoms with Crippen LogP contribution < -0.4 is 10.6 Å². The maximum Gasteiger partial charge on any atom is 0.313 e. The highest BCUT2D eigenvalue weighted by Crippen LogP contribution is 2.16. The summed E-state index contributed by atoms with van der Waals surface area (Å²) in [5.41, 5.74) is 0.805. The van der Waals surface area contributed by atoms with Crippen molar-refractivity contribution in [1.82, 2.24) is 10.3 Å². The van der Waals surface area contributed by atoms with E-state index in [4.69, 9.17) is 0 Å². The molecule has 0 spiro atoms. The van der Waals surface area contributed by atoms with Crippen LogP contribution in [-0.2, 0) is 16.1 Å². The van der Waals surface area contributed by atoms with Crippen LogP contribution in [0.15, 0.2) is 48.8 Å². The van der Waals surface area contributed by atoms with Gasteiger partial charge in [0, 0.05) is 36.8 Å². The zero-order valence-electron chi connectivity index (χ0n) is 11.4. The molecule has 0 aliphatic rings. The van der Waals surface area contributed by atoms with Crippen molar-refractivity contribution in [3.63, 3.8) is 0 Å². The first-order valence-corrected chi connectivity index (χ1v) is 6.29. The van der Waals surface area contributed by atoms with Gasteiger partial charge in [-0.05, 0) is 23.8 Å². The number of rotatable bonds is 4. The first-order valence-electron chi connectivity index (χ1n) is 6.29. The second kappa shape index (κ2) is 6.93. The molecule has 8 heteroatoms. The Balaban J connectivity index is 1.92. The zero-order chi connectivity index (χ0) is 15.9. The van der Waals surface area contributed by atoms with Crippen molar-refractivity contribution in [1.29, 1.82) is 0 Å². The molecular weight excluding hydrogens is 288 g/mol. The van der Waals surface area contributed by atoms with Gasteiger partial charge < -0.3 is 10.6 Å². The summed E-state index contributed by atoms with van der Waals surface area (Å²) in [6, 6.07) is 8.76. The first-order chi connectivity index (χ1) is 10.6. The smallest absolute Gasteiger partial charge is 0.313 e. The average molecular weight is 300 g/mol. The topological polar surface area (TPSA) is 114 Å². The lowest BCUT2D eigenvalue weighted by Gasteiger charge is -2.06. The molecule has 1 aromatic carbocycles. The van der Waals surface area contributed by atoms with Crippen LogP contribution in [0.5, 0.6) is 0 Å². The summed E-state index contributed by atoms with van der Waals surface area (Å²) >= 11 is 0. The van der Waals surface area contributed by atoms with Gasteiger partial charge in [0.25, 0.3) is 5.69 Å². The number of anilines is 1. The molecule has 0 atom stereocenters. The van der Waals surface area contributed by atoms with E-state index in [2.05, 4.69) is 15.6 Å². The van der Waals surface area contributed by atoms with Crippen LogP contribution in [0.25, 0.3) is 0 Å². The number of amides is 2. The highest BCUT2D eigenvalue weighted by molar-refractivity contribution is 6.39. The minimum Gasteiger partial charge on any atom is -0.344 e. The Bertz CT molecular complexity index is 703. The van der Waals surface area contributed by atoms with Crippen molar-refractivity contribution >= 4 is 23.2 Å². The van der Waals surface area contributed by atoms with Crippen LogP contribution >= 0.6 is 0 Å². The van der Waals surface area contributed by atoms with Crippen LogP contribution in [0.3, 0.4) is 0 Å². The summed E-state index contributed by atoms with van der Waals surface area (Å²) < 4.78 is 0. The van der Waals surface area contributed by atoms with E-state index < -0.39 is 16.7 Å². The van der Waals surface area contributed by atoms with E-state index in [9.17, 15) is 19.7 Å². The monoisotopic (exact) mass is 300 g/mol. The molecule has 0 fully saturated rings. The SMILES string of the molecule is O=C(NCc1ccncc1)C(=O)Nc1cccc([N+](=O)[O-])c1. The van der Waals surface area contributed by atoms with E-state index in [-0.39, 0.29) is 17.9 Å². The van der Waals surface area contributed by atoms with E-state index in [1.165, 1.54) is 24.3 Å². The number of nitrogens with one attached hydrogen (secondary N) is 2. The molecule has 0 saturated carbocycles. The quantitative estimate of drug-likeness (QED) is 0.501. The number of nitro groups is 1. The summed E-state index contributed by atoms with van der Waals surface area (Å²) in [5, 5.41) is 15.4. The molecule has 2 rings (SSSR count). The Morgan fingerprint density at radius 2 is 1.86 bits per heavy atom. The third-order valence-electron chi connectivity index (χ3n) is 2.72. The van der Waals surface area contributed by atoms with Gasteiger partial charge in [0.1, 0.15) is 0 Å². The lowest BCUT2D eigenvalue weighted by Crippen LogP contribution is -2.34. The van der Waals surface area contributed by atoms with Gasteiger partial charge in [-0.1, -0.05) is 6.07 Å². The Morgan fingerprint density at radius 3 is 2.55 bits per heavy atom. The molecule has 2 aromatic rings. The van der Waals surface area contributed by atoms with Gasteiger partial charge in [-0.3, -0.25) is 24.7 Å². The first kappa shape index (κ1) is 15.1. The van der Waals surface area contributed by atoms with Gasteiger partial charge in [-0.2, -0.15) is 0 Å². The number of hydrogen-bond acceptors (Lipinski definition) is 5. The Hall–Kier alpha value is -3.29. The van der Waals surface area contributed by atoms with Crippen molar-refractivity contribution in [2.24, 2.45) is 0 Å². The maximum absolute atomic E-state index is 11.7. The molecule has 0 saturated heterocycles. The molecule has 0 aliphatic carbocycles. The fourth-order valence-corrected chi connectivity index (χ4v) is 1.65. The van der Waals surface area contributed by atoms with E-state index in [1.807, 2.05) is 0 Å². The molecule has 1 heterocycles. The van der Waals surface area contributed by atoms with E-state index in [1.54, 1.807) is 24.5 Å². The van der Waals surface area contributed by atoms with Crippen molar-refractivity contribution in [3.05, 3.63) is 64.5 Å². The minimum atomic E-state index is -0.894. The Kier molecular flexibility index (Phi) is 4.76. The van der Waals surface area contributed by atoms with Crippen LogP contribution in [0.1, 0.15) is 5.56 Å². The fourth-order valence-electron chi connectivity index (χ4n) is 1.65. The second-order valence-electron chi connectivity index (χ2n) is 4.30. The number of carbonyl (C=O) groups excluding carboxylic acids is 2. The number of aromatic nitrogens is 1. The number of benzene rings is 1. The van der Waals surface area contributed by atoms with Gasteiger partial charge in [0.05, 0.1) is 4.92 Å². The minimum absolute atomic E-state index is 0.171. The number of pyridine rings is 1. The molecule has 0 radical (unpaired) electrons. The summed E-state index contributed by atoms with van der Waals surface area (Å²) in [4.78, 5) is 37.3. The Labute approximate surface area is 125 Å². The second-order valence-corrected chi connectivity index (χ2v) is 4.30. The number of non-ortho nitro benzene ring substituents is 1. The molecule has 8 nitrogen and oxygen atoms in total. The van der Waals surface area contributed by atoms with E-state index >= 15 is 0 Å². The van der Waals surface area contributed by atoms with Gasteiger partial charge in [-0.25, -0.2) is 0 Å². The molecule has 0 bridgehead atoms. The fraction of sp³-hybridized carbons (Fsp3) is 0.0714. The lowest BCUT2D eigenvalue weighted by molar-refractivity contribution is -0.384. The average Bonchev–Trinajstić information content (AvgIpc) is 2.53. The summed E-state index contributed by atoms with van der Waals surface area (Å²) in [6.45, 7) is 0.184. The Morgan fingerprint density at radius 1 is 1.14 bits per heavy atom. The summed E-state index contributed by atoms with van der Waals surface area (Å²) in [5.74, 6) is -1.72. The molecule has 2 N–H and O–H groups in total. The van der Waals surface area contributed by atoms with Crippen molar-refractivity contribution < 1.29 is 14.5 Å². The predicted molar refractivity (Wildman–Crippen MR) is 77.8 cm³/mol. The molecule has 112 valence electrons. The molecule has 0 unspecified atom stereocenters. The number of carbonyl (C=O) groups is 2. The van der Waals surface area contributed by atoms with Crippen LogP contribution in [-0.4, -0.2) is 21.7 Å². The van der Waals surface area contributed by atoms with Crippen molar-refractivity contribution in [2.75, 3.05) is 5.32 Å². The van der Waals surface area contributed by atoms with Crippen LogP contribution in [0.2, 0.25) is 0 Å². The number of hydrogen-bond donors (Lipinski definition) is 2. The summed E-state index contributed by atoms with van der Waals surface area (Å²) in [7, 11) is 0. The normalized spacial score (nSPS) is 9.82. The van der Waals surface area contributed by atoms with E-state index in [0.717, 1.165) is 5.56 Å². The van der Waals surface area contributed by atoms with Crippen molar-refractivity contribution in [2.45, 2.75) is 6.54 Å². The largest absolute Gasteiger partial charge is 0.344 e. The third-order valence-corrected chi connectivity index (χ3v) is 2.72.